The van der Waals surface area contributed by atoms with Crippen molar-refractivity contribution in [2.45, 2.75) is 25.1 Å². The first-order valence-electron chi connectivity index (χ1n) is 6.60. The quantitative estimate of drug-likeness (QED) is 0.931. The van der Waals surface area contributed by atoms with Crippen LogP contribution in [0.15, 0.2) is 24.4 Å². The highest BCUT2D eigenvalue weighted by Crippen LogP contribution is 2.18. The topological polar surface area (TPSA) is 54.5 Å². The predicted octanol–water partition coefficient (Wildman–Crippen LogP) is 2.34. The van der Waals surface area contributed by atoms with Crippen LogP contribution < -0.4 is 10.2 Å². The molecule has 1 aliphatic rings. The van der Waals surface area contributed by atoms with Gasteiger partial charge in [0.2, 0.25) is 0 Å². The van der Waals surface area contributed by atoms with Crippen molar-refractivity contribution in [2.24, 2.45) is 0 Å². The largest absolute Gasteiger partial charge is 0.440 e. The molecule has 2 heterocycles. The molecule has 1 aromatic heterocycles. The minimum absolute atomic E-state index is 0.175. The van der Waals surface area contributed by atoms with Crippen molar-refractivity contribution in [3.8, 4) is 0 Å². The lowest BCUT2D eigenvalue weighted by Gasteiger charge is -2.32. The first-order chi connectivity index (χ1) is 9.94. The van der Waals surface area contributed by atoms with Crippen LogP contribution in [0.4, 0.5) is 23.8 Å². The second-order valence-electron chi connectivity index (χ2n) is 4.78. The first kappa shape index (κ1) is 15.4. The van der Waals surface area contributed by atoms with Gasteiger partial charge in [-0.25, -0.2) is 9.78 Å². The molecule has 2 rings (SSSR count). The van der Waals surface area contributed by atoms with Gasteiger partial charge in [-0.2, -0.15) is 13.2 Å². The van der Waals surface area contributed by atoms with Crippen molar-refractivity contribution in [3.63, 3.8) is 0 Å². The van der Waals surface area contributed by atoms with E-state index in [1.807, 2.05) is 18.2 Å². The Labute approximate surface area is 120 Å². The van der Waals surface area contributed by atoms with Gasteiger partial charge in [0.1, 0.15) is 5.82 Å². The molecule has 0 atom stereocenters. The Bertz CT molecular complexity index is 459. The average Bonchev–Trinajstić information content (AvgIpc) is 2.46. The molecule has 1 aromatic rings. The number of anilines is 1. The van der Waals surface area contributed by atoms with Gasteiger partial charge >= 0.3 is 12.3 Å². The summed E-state index contributed by atoms with van der Waals surface area (Å²) in [5.41, 5.74) is 0. The summed E-state index contributed by atoms with van der Waals surface area (Å²) in [6.07, 6.45) is -2.55. The third-order valence-corrected chi connectivity index (χ3v) is 3.16. The van der Waals surface area contributed by atoms with Crippen LogP contribution in [0.2, 0.25) is 0 Å². The number of alkyl carbamates (subject to hydrolysis) is 1. The number of rotatable bonds is 3. The number of nitrogens with zero attached hydrogens (tertiary/aromatic N) is 2. The number of alkyl halides is 3. The van der Waals surface area contributed by atoms with Gasteiger partial charge in [-0.3, -0.25) is 0 Å². The molecule has 1 fully saturated rings. The Morgan fingerprint density at radius 3 is 2.67 bits per heavy atom. The first-order valence-corrected chi connectivity index (χ1v) is 6.60. The van der Waals surface area contributed by atoms with Crippen LogP contribution in [0.5, 0.6) is 0 Å². The van der Waals surface area contributed by atoms with Gasteiger partial charge in [0.15, 0.2) is 6.61 Å². The molecule has 1 saturated heterocycles. The molecule has 1 amide bonds. The molecule has 0 radical (unpaired) electrons. The Morgan fingerprint density at radius 1 is 1.38 bits per heavy atom. The van der Waals surface area contributed by atoms with Crippen LogP contribution in [-0.4, -0.2) is 43.0 Å². The summed E-state index contributed by atoms with van der Waals surface area (Å²) < 4.78 is 39.9. The fraction of sp³-hybridized carbons (Fsp3) is 0.538. The van der Waals surface area contributed by atoms with E-state index in [-0.39, 0.29) is 6.04 Å². The molecule has 0 spiro atoms. The van der Waals surface area contributed by atoms with Crippen molar-refractivity contribution < 1.29 is 22.7 Å². The Morgan fingerprint density at radius 2 is 2.10 bits per heavy atom. The number of ether oxygens (including phenoxy) is 1. The molecule has 0 aliphatic carbocycles. The maximum Gasteiger partial charge on any atom is 0.422 e. The maximum atomic E-state index is 11.9. The van der Waals surface area contributed by atoms with Crippen LogP contribution in [0.3, 0.4) is 0 Å². The summed E-state index contributed by atoms with van der Waals surface area (Å²) in [6, 6.07) is 5.44. The van der Waals surface area contributed by atoms with E-state index in [2.05, 4.69) is 19.9 Å². The van der Waals surface area contributed by atoms with E-state index in [4.69, 9.17) is 0 Å². The average molecular weight is 303 g/mol. The number of amides is 1. The third kappa shape index (κ3) is 5.13. The number of hydrogen-bond donors (Lipinski definition) is 1. The van der Waals surface area contributed by atoms with Gasteiger partial charge in [0.25, 0.3) is 0 Å². The number of hydrogen-bond acceptors (Lipinski definition) is 4. The minimum atomic E-state index is -4.50. The van der Waals surface area contributed by atoms with Gasteiger partial charge in [0, 0.05) is 25.3 Å². The van der Waals surface area contributed by atoms with Crippen LogP contribution in [0.25, 0.3) is 0 Å². The second-order valence-corrected chi connectivity index (χ2v) is 4.78. The van der Waals surface area contributed by atoms with E-state index < -0.39 is 18.9 Å². The van der Waals surface area contributed by atoms with E-state index in [1.165, 1.54) is 0 Å². The molecule has 1 aliphatic heterocycles. The van der Waals surface area contributed by atoms with Gasteiger partial charge in [0.05, 0.1) is 0 Å². The number of carbonyl (C=O) groups is 1. The number of pyridine rings is 1. The summed E-state index contributed by atoms with van der Waals surface area (Å²) in [7, 11) is 0. The summed E-state index contributed by atoms with van der Waals surface area (Å²) >= 11 is 0. The summed E-state index contributed by atoms with van der Waals surface area (Å²) in [5.74, 6) is 0.857. The van der Waals surface area contributed by atoms with Crippen molar-refractivity contribution in [1.29, 1.82) is 0 Å². The lowest BCUT2D eigenvalue weighted by Crippen LogP contribution is -2.45. The molecule has 0 aromatic carbocycles. The van der Waals surface area contributed by atoms with Gasteiger partial charge < -0.3 is 15.0 Å². The fourth-order valence-electron chi connectivity index (χ4n) is 2.15. The molecule has 0 saturated carbocycles. The fourth-order valence-corrected chi connectivity index (χ4v) is 2.15. The van der Waals surface area contributed by atoms with E-state index in [0.717, 1.165) is 5.82 Å². The smallest absolute Gasteiger partial charge is 0.422 e. The Kier molecular flexibility index (Phi) is 4.87. The Hall–Kier alpha value is -1.99. The lowest BCUT2D eigenvalue weighted by molar-refractivity contribution is -0.160. The summed E-state index contributed by atoms with van der Waals surface area (Å²) in [4.78, 5) is 17.6. The van der Waals surface area contributed by atoms with E-state index in [9.17, 15) is 18.0 Å². The number of nitrogens with one attached hydrogen (secondary N) is 1. The molecule has 1 N–H and O–H groups in total. The molecule has 21 heavy (non-hydrogen) atoms. The molecule has 5 nitrogen and oxygen atoms in total. The van der Waals surface area contributed by atoms with E-state index in [0.29, 0.717) is 25.9 Å². The molecule has 8 heteroatoms. The zero-order valence-electron chi connectivity index (χ0n) is 11.3. The number of halogens is 3. The number of carbonyl (C=O) groups excluding carboxylic acids is 1. The molecule has 116 valence electrons. The molecular weight excluding hydrogens is 287 g/mol. The monoisotopic (exact) mass is 303 g/mol. The molecular formula is C13H16F3N3O2. The van der Waals surface area contributed by atoms with Gasteiger partial charge in [-0.15, -0.1) is 0 Å². The van der Waals surface area contributed by atoms with Crippen LogP contribution in [-0.2, 0) is 4.74 Å². The summed E-state index contributed by atoms with van der Waals surface area (Å²) in [5, 5.41) is 2.46. The maximum absolute atomic E-state index is 11.9. The Balaban J connectivity index is 1.73. The zero-order chi connectivity index (χ0) is 15.3. The van der Waals surface area contributed by atoms with Gasteiger partial charge in [-0.05, 0) is 25.0 Å². The van der Waals surface area contributed by atoms with Crippen LogP contribution in [0.1, 0.15) is 12.8 Å². The highest BCUT2D eigenvalue weighted by molar-refractivity contribution is 5.67. The van der Waals surface area contributed by atoms with Crippen molar-refractivity contribution in [3.05, 3.63) is 24.4 Å². The highest BCUT2D eigenvalue weighted by atomic mass is 19.4. The van der Waals surface area contributed by atoms with Crippen molar-refractivity contribution in [1.82, 2.24) is 10.3 Å². The van der Waals surface area contributed by atoms with Crippen molar-refractivity contribution in [2.75, 3.05) is 24.6 Å². The standard InChI is InChI=1S/C13H16F3N3O2/c14-13(15,16)9-21-12(20)18-10-4-7-19(8-5-10)11-3-1-2-6-17-11/h1-3,6,10H,4-5,7-9H2,(H,18,20). The number of piperidine rings is 1. The van der Waals surface area contributed by atoms with Crippen LogP contribution in [0, 0.1) is 0 Å². The van der Waals surface area contributed by atoms with E-state index in [1.54, 1.807) is 6.20 Å². The lowest BCUT2D eigenvalue weighted by atomic mass is 10.1. The predicted molar refractivity (Wildman–Crippen MR) is 70.0 cm³/mol. The number of aromatic nitrogens is 1. The molecule has 0 unspecified atom stereocenters. The van der Waals surface area contributed by atoms with E-state index >= 15 is 0 Å². The van der Waals surface area contributed by atoms with Crippen LogP contribution >= 0.6 is 0 Å². The zero-order valence-corrected chi connectivity index (χ0v) is 11.3. The molecule has 0 bridgehead atoms. The van der Waals surface area contributed by atoms with Crippen molar-refractivity contribution >= 4 is 11.9 Å². The SMILES string of the molecule is O=C(NC1CCN(c2ccccn2)CC1)OCC(F)(F)F. The van der Waals surface area contributed by atoms with Gasteiger partial charge in [-0.1, -0.05) is 6.07 Å². The highest BCUT2D eigenvalue weighted by Gasteiger charge is 2.30. The second kappa shape index (κ2) is 6.64. The normalized spacial score (nSPS) is 16.6. The summed E-state index contributed by atoms with van der Waals surface area (Å²) in [6.45, 7) is -0.200. The minimum Gasteiger partial charge on any atom is -0.440 e. The third-order valence-electron chi connectivity index (χ3n) is 3.16.